The number of nitrogens with one attached hydrogen (secondary N) is 1. The highest BCUT2D eigenvalue weighted by atomic mass is 32.2. The van der Waals surface area contributed by atoms with E-state index in [-0.39, 0.29) is 11.9 Å². The fraction of sp³-hybridized carbons (Fsp3) is 0.333. The number of carboxylic acid groups (broad SMARTS) is 1. The van der Waals surface area contributed by atoms with E-state index in [4.69, 9.17) is 5.11 Å². The second kappa shape index (κ2) is 7.96. The topological polar surface area (TPSA) is 66.4 Å². The van der Waals surface area contributed by atoms with Crippen LogP contribution in [0.3, 0.4) is 0 Å². The predicted octanol–water partition coefficient (Wildman–Crippen LogP) is 4.62. The Hall–Kier alpha value is -2.27. The van der Waals surface area contributed by atoms with Gasteiger partial charge in [-0.3, -0.25) is 9.59 Å². The van der Waals surface area contributed by atoms with Crippen LogP contribution < -0.4 is 5.32 Å². The van der Waals surface area contributed by atoms with Gasteiger partial charge in [0.1, 0.15) is 5.25 Å². The zero-order valence-electron chi connectivity index (χ0n) is 14.9. The summed E-state index contributed by atoms with van der Waals surface area (Å²) in [4.78, 5) is 24.7. The van der Waals surface area contributed by atoms with E-state index in [9.17, 15) is 9.59 Å². The summed E-state index contributed by atoms with van der Waals surface area (Å²) >= 11 is 1.19. The Kier molecular flexibility index (Phi) is 5.67. The van der Waals surface area contributed by atoms with Gasteiger partial charge in [0.15, 0.2) is 0 Å². The van der Waals surface area contributed by atoms with Crippen LogP contribution >= 0.6 is 11.8 Å². The zero-order valence-corrected chi connectivity index (χ0v) is 15.8. The van der Waals surface area contributed by atoms with Crippen molar-refractivity contribution < 1.29 is 14.7 Å². The largest absolute Gasteiger partial charge is 0.480 e. The number of carbonyl (C=O) groups is 2. The fourth-order valence-corrected chi connectivity index (χ4v) is 4.32. The molecule has 2 aromatic carbocycles. The Morgan fingerprint density at radius 2 is 1.73 bits per heavy atom. The van der Waals surface area contributed by atoms with Gasteiger partial charge in [0.25, 0.3) is 5.91 Å². The highest BCUT2D eigenvalue weighted by molar-refractivity contribution is 8.00. The number of carbonyl (C=O) groups excluding carboxylic acids is 1. The van der Waals surface area contributed by atoms with Crippen LogP contribution in [0.4, 0.5) is 0 Å². The Labute approximate surface area is 158 Å². The first-order valence-electron chi connectivity index (χ1n) is 8.85. The summed E-state index contributed by atoms with van der Waals surface area (Å²) in [6, 6.07) is 15.4. The summed E-state index contributed by atoms with van der Waals surface area (Å²) < 4.78 is 0. The van der Waals surface area contributed by atoms with Gasteiger partial charge >= 0.3 is 5.97 Å². The zero-order chi connectivity index (χ0) is 18.7. The number of hydrogen-bond acceptors (Lipinski definition) is 3. The second-order valence-corrected chi connectivity index (χ2v) is 8.11. The first-order chi connectivity index (χ1) is 12.5. The van der Waals surface area contributed by atoms with Gasteiger partial charge in [0.2, 0.25) is 0 Å². The average Bonchev–Trinajstić information content (AvgIpc) is 2.64. The molecule has 0 saturated heterocycles. The fourth-order valence-electron chi connectivity index (χ4n) is 3.39. The van der Waals surface area contributed by atoms with Crippen LogP contribution in [0.2, 0.25) is 0 Å². The molecule has 3 rings (SSSR count). The normalized spacial score (nSPS) is 20.1. The van der Waals surface area contributed by atoms with E-state index in [0.29, 0.717) is 16.4 Å². The minimum atomic E-state index is -0.889. The number of fused-ring (bicyclic) bond motifs is 1. The monoisotopic (exact) mass is 369 g/mol. The lowest BCUT2D eigenvalue weighted by molar-refractivity contribution is -0.136. The number of thioether (sulfide) groups is 1. The molecule has 3 atom stereocenters. The number of rotatable bonds is 5. The van der Waals surface area contributed by atoms with Gasteiger partial charge in [0, 0.05) is 4.90 Å². The Balaban J connectivity index is 1.81. The van der Waals surface area contributed by atoms with Crippen LogP contribution in [0.5, 0.6) is 0 Å². The third kappa shape index (κ3) is 3.93. The Bertz CT molecular complexity index is 820. The molecule has 1 aliphatic carbocycles. The quantitative estimate of drug-likeness (QED) is 0.755. The molecule has 3 unspecified atom stereocenters. The number of carboxylic acids is 1. The Morgan fingerprint density at radius 3 is 2.46 bits per heavy atom. The van der Waals surface area contributed by atoms with Gasteiger partial charge in [-0.15, -0.1) is 11.8 Å². The van der Waals surface area contributed by atoms with Crippen molar-refractivity contribution in [3.8, 4) is 0 Å². The average molecular weight is 369 g/mol. The molecule has 0 fully saturated rings. The minimum Gasteiger partial charge on any atom is -0.480 e. The lowest BCUT2D eigenvalue weighted by atomic mass is 9.81. The van der Waals surface area contributed by atoms with Crippen LogP contribution in [0.25, 0.3) is 0 Å². The summed E-state index contributed by atoms with van der Waals surface area (Å²) in [5.41, 5.74) is 3.01. The molecule has 2 N–H and O–H groups in total. The maximum absolute atomic E-state index is 12.9. The molecular weight excluding hydrogens is 346 g/mol. The van der Waals surface area contributed by atoms with Crippen molar-refractivity contribution in [3.63, 3.8) is 0 Å². The number of hydrogen-bond donors (Lipinski definition) is 2. The minimum absolute atomic E-state index is 0.00940. The SMILES string of the molecule is CC(Sc1ccccc1C(=O)NC1CCC(C)c2ccccc21)C(=O)O. The van der Waals surface area contributed by atoms with Crippen molar-refractivity contribution in [2.75, 3.05) is 0 Å². The van der Waals surface area contributed by atoms with Crippen LogP contribution in [0, 0.1) is 0 Å². The summed E-state index contributed by atoms with van der Waals surface area (Å²) in [5, 5.41) is 11.7. The van der Waals surface area contributed by atoms with E-state index in [2.05, 4.69) is 24.4 Å². The highest BCUT2D eigenvalue weighted by Crippen LogP contribution is 2.37. The molecule has 26 heavy (non-hydrogen) atoms. The second-order valence-electron chi connectivity index (χ2n) is 6.73. The van der Waals surface area contributed by atoms with Gasteiger partial charge in [-0.05, 0) is 48.9 Å². The molecule has 1 aliphatic rings. The van der Waals surface area contributed by atoms with Crippen LogP contribution in [-0.4, -0.2) is 22.2 Å². The van der Waals surface area contributed by atoms with Gasteiger partial charge in [-0.25, -0.2) is 0 Å². The lowest BCUT2D eigenvalue weighted by Crippen LogP contribution is -2.32. The van der Waals surface area contributed by atoms with Crippen molar-refractivity contribution in [3.05, 3.63) is 65.2 Å². The van der Waals surface area contributed by atoms with Gasteiger partial charge in [-0.2, -0.15) is 0 Å². The molecule has 0 saturated carbocycles. The van der Waals surface area contributed by atoms with Gasteiger partial charge in [0.05, 0.1) is 11.6 Å². The lowest BCUT2D eigenvalue weighted by Gasteiger charge is -2.30. The maximum atomic E-state index is 12.9. The number of benzene rings is 2. The van der Waals surface area contributed by atoms with Crippen molar-refractivity contribution in [1.29, 1.82) is 0 Å². The smallest absolute Gasteiger partial charge is 0.316 e. The van der Waals surface area contributed by atoms with Crippen molar-refractivity contribution in [2.45, 2.75) is 48.8 Å². The molecular formula is C21H23NO3S. The van der Waals surface area contributed by atoms with E-state index in [1.54, 1.807) is 25.1 Å². The van der Waals surface area contributed by atoms with Gasteiger partial charge < -0.3 is 10.4 Å². The van der Waals surface area contributed by atoms with Crippen LogP contribution in [0.1, 0.15) is 60.1 Å². The van der Waals surface area contributed by atoms with Gasteiger partial charge in [-0.1, -0.05) is 43.3 Å². The first-order valence-corrected chi connectivity index (χ1v) is 9.73. The van der Waals surface area contributed by atoms with Crippen LogP contribution in [-0.2, 0) is 4.79 Å². The van der Waals surface area contributed by atoms with E-state index in [1.807, 2.05) is 18.2 Å². The third-order valence-electron chi connectivity index (χ3n) is 4.88. The number of amides is 1. The first kappa shape index (κ1) is 18.5. The molecule has 0 radical (unpaired) electrons. The maximum Gasteiger partial charge on any atom is 0.316 e. The summed E-state index contributed by atoms with van der Waals surface area (Å²) in [6.45, 7) is 3.84. The molecule has 4 nitrogen and oxygen atoms in total. The molecule has 1 amide bonds. The van der Waals surface area contributed by atoms with Crippen LogP contribution in [0.15, 0.2) is 53.4 Å². The van der Waals surface area contributed by atoms with Crippen molar-refractivity contribution in [1.82, 2.24) is 5.32 Å². The molecule has 0 spiro atoms. The number of aliphatic carboxylic acids is 1. The van der Waals surface area contributed by atoms with Crippen molar-refractivity contribution in [2.24, 2.45) is 0 Å². The molecule has 2 aromatic rings. The molecule has 0 aliphatic heterocycles. The van der Waals surface area contributed by atoms with Crippen molar-refractivity contribution >= 4 is 23.6 Å². The molecule has 0 aromatic heterocycles. The molecule has 5 heteroatoms. The summed E-state index contributed by atoms with van der Waals surface area (Å²) in [7, 11) is 0. The molecule has 136 valence electrons. The van der Waals surface area contributed by atoms with E-state index in [0.717, 1.165) is 12.8 Å². The predicted molar refractivity (Wildman–Crippen MR) is 104 cm³/mol. The third-order valence-corrected chi connectivity index (χ3v) is 6.04. The highest BCUT2D eigenvalue weighted by Gasteiger charge is 2.26. The standard InChI is InChI=1S/C21H23NO3S/c1-13-11-12-18(16-8-4-3-7-15(13)16)22-20(23)17-9-5-6-10-19(17)26-14(2)21(24)25/h3-10,13-14,18H,11-12H2,1-2H3,(H,22,23)(H,24,25). The molecule has 0 heterocycles. The molecule has 0 bridgehead atoms. The van der Waals surface area contributed by atoms with E-state index in [1.165, 1.54) is 22.9 Å². The summed E-state index contributed by atoms with van der Waals surface area (Å²) in [6.07, 6.45) is 1.94. The Morgan fingerprint density at radius 1 is 1.08 bits per heavy atom. The van der Waals surface area contributed by atoms with E-state index >= 15 is 0 Å². The summed E-state index contributed by atoms with van der Waals surface area (Å²) in [5.74, 6) is -0.543. The van der Waals surface area contributed by atoms with E-state index < -0.39 is 11.2 Å².